The Morgan fingerprint density at radius 1 is 0.879 bits per heavy atom. The fourth-order valence-corrected chi connectivity index (χ4v) is 4.78. The zero-order valence-corrected chi connectivity index (χ0v) is 19.2. The molecule has 1 saturated heterocycles. The summed E-state index contributed by atoms with van der Waals surface area (Å²) in [5, 5.41) is 0. The predicted octanol–water partition coefficient (Wildman–Crippen LogP) is 5.13. The summed E-state index contributed by atoms with van der Waals surface area (Å²) in [5.74, 6) is 0.989. The number of rotatable bonds is 7. The average molecular weight is 442 g/mol. The molecule has 3 heterocycles. The molecule has 0 radical (unpaired) electrons. The number of piperazine rings is 1. The Labute approximate surface area is 195 Å². The van der Waals surface area contributed by atoms with Crippen molar-refractivity contribution in [2.75, 3.05) is 26.2 Å². The fourth-order valence-electron chi connectivity index (χ4n) is 4.78. The maximum Gasteiger partial charge on any atom is 0.270 e. The number of furan rings is 1. The molecule has 33 heavy (non-hydrogen) atoms. The van der Waals surface area contributed by atoms with E-state index < -0.39 is 0 Å². The van der Waals surface area contributed by atoms with Gasteiger partial charge in [0.1, 0.15) is 11.5 Å². The van der Waals surface area contributed by atoms with Crippen LogP contribution in [0.15, 0.2) is 77.2 Å². The van der Waals surface area contributed by atoms with Gasteiger partial charge in [0.05, 0.1) is 5.52 Å². The maximum atomic E-state index is 13.5. The molecule has 1 aliphatic rings. The molecule has 0 saturated carbocycles. The quantitative estimate of drug-likeness (QED) is 0.399. The van der Waals surface area contributed by atoms with E-state index in [1.54, 1.807) is 0 Å². The summed E-state index contributed by atoms with van der Waals surface area (Å²) in [5.41, 5.74) is 5.21. The molecule has 1 fully saturated rings. The van der Waals surface area contributed by atoms with Gasteiger partial charge < -0.3 is 13.9 Å². The molecule has 170 valence electrons. The van der Waals surface area contributed by atoms with Crippen LogP contribution >= 0.6 is 0 Å². The van der Waals surface area contributed by atoms with E-state index in [0.29, 0.717) is 0 Å². The lowest BCUT2D eigenvalue weighted by atomic mass is 10.1. The Morgan fingerprint density at radius 3 is 2.24 bits per heavy atom. The van der Waals surface area contributed by atoms with E-state index >= 15 is 0 Å². The number of benzene rings is 2. The van der Waals surface area contributed by atoms with Crippen molar-refractivity contribution < 1.29 is 9.21 Å². The first-order valence-corrected chi connectivity index (χ1v) is 11.9. The Kier molecular flexibility index (Phi) is 6.31. The van der Waals surface area contributed by atoms with Gasteiger partial charge in [0.25, 0.3) is 5.91 Å². The second-order valence-corrected chi connectivity index (χ2v) is 8.93. The summed E-state index contributed by atoms with van der Waals surface area (Å²) >= 11 is 0. The maximum absolute atomic E-state index is 13.5. The first-order chi connectivity index (χ1) is 16.2. The van der Waals surface area contributed by atoms with Crippen LogP contribution in [0.25, 0.3) is 11.1 Å². The van der Waals surface area contributed by atoms with Gasteiger partial charge in [-0.1, -0.05) is 60.7 Å². The van der Waals surface area contributed by atoms with Gasteiger partial charge in [-0.05, 0) is 30.9 Å². The van der Waals surface area contributed by atoms with Gasteiger partial charge in [0.2, 0.25) is 0 Å². The van der Waals surface area contributed by atoms with Crippen molar-refractivity contribution in [3.8, 4) is 0 Å². The van der Waals surface area contributed by atoms with Crippen LogP contribution in [0.2, 0.25) is 0 Å². The van der Waals surface area contributed by atoms with Gasteiger partial charge in [-0.25, -0.2) is 0 Å². The third-order valence-corrected chi connectivity index (χ3v) is 6.53. The van der Waals surface area contributed by atoms with Crippen molar-refractivity contribution >= 4 is 17.0 Å². The second kappa shape index (κ2) is 9.67. The summed E-state index contributed by atoms with van der Waals surface area (Å²) in [4.78, 5) is 17.9. The van der Waals surface area contributed by atoms with Crippen LogP contribution < -0.4 is 0 Å². The number of aryl methyl sites for hydroxylation is 3. The molecule has 5 rings (SSSR count). The van der Waals surface area contributed by atoms with Crippen LogP contribution in [0.1, 0.15) is 33.8 Å². The van der Waals surface area contributed by atoms with Gasteiger partial charge in [-0.3, -0.25) is 9.69 Å². The number of carbonyl (C=O) groups excluding carboxylic acids is 1. The van der Waals surface area contributed by atoms with E-state index in [1.165, 1.54) is 11.1 Å². The molecule has 0 spiro atoms. The minimum atomic E-state index is 0.109. The number of carbonyl (C=O) groups is 1. The summed E-state index contributed by atoms with van der Waals surface area (Å²) in [7, 11) is 0. The van der Waals surface area contributed by atoms with Crippen LogP contribution in [0.4, 0.5) is 0 Å². The number of hydrogen-bond donors (Lipinski definition) is 0. The van der Waals surface area contributed by atoms with Gasteiger partial charge in [-0.2, -0.15) is 0 Å². The van der Waals surface area contributed by atoms with Crippen LogP contribution in [0, 0.1) is 6.92 Å². The summed E-state index contributed by atoms with van der Waals surface area (Å²) in [6, 6.07) is 25.0. The molecule has 0 N–H and O–H groups in total. The molecular weight excluding hydrogens is 410 g/mol. The van der Waals surface area contributed by atoms with Gasteiger partial charge in [0, 0.05) is 51.4 Å². The molecule has 1 amide bonds. The average Bonchev–Trinajstić information content (AvgIpc) is 3.37. The summed E-state index contributed by atoms with van der Waals surface area (Å²) in [6.45, 7) is 6.98. The lowest BCUT2D eigenvalue weighted by molar-refractivity contribution is 0.0618. The second-order valence-electron chi connectivity index (χ2n) is 8.93. The van der Waals surface area contributed by atoms with Crippen molar-refractivity contribution in [1.82, 2.24) is 14.4 Å². The smallest absolute Gasteiger partial charge is 0.270 e. The molecule has 0 bridgehead atoms. The largest absolute Gasteiger partial charge is 0.460 e. The number of amides is 1. The van der Waals surface area contributed by atoms with E-state index in [1.807, 2.05) is 36.1 Å². The minimum Gasteiger partial charge on any atom is -0.460 e. The SMILES string of the molecule is Cc1cc2c(cc(C(=O)N3CCN(Cc4ccccc4)CC3)n2CCCc2ccccc2)o1. The molecule has 1 aliphatic heterocycles. The van der Waals surface area contributed by atoms with Gasteiger partial charge in [0.15, 0.2) is 5.58 Å². The summed E-state index contributed by atoms with van der Waals surface area (Å²) in [6.07, 6.45) is 1.96. The molecule has 5 heteroatoms. The highest BCUT2D eigenvalue weighted by Gasteiger charge is 2.26. The first-order valence-electron chi connectivity index (χ1n) is 11.9. The molecule has 2 aromatic carbocycles. The van der Waals surface area contributed by atoms with Crippen molar-refractivity contribution in [2.45, 2.75) is 32.9 Å². The van der Waals surface area contributed by atoms with E-state index in [0.717, 1.165) is 74.7 Å². The number of nitrogens with zero attached hydrogens (tertiary/aromatic N) is 3. The Bertz CT molecular complexity index is 1200. The molecule has 0 aliphatic carbocycles. The van der Waals surface area contributed by atoms with E-state index in [2.05, 4.69) is 58.0 Å². The van der Waals surface area contributed by atoms with E-state index in [9.17, 15) is 4.79 Å². The van der Waals surface area contributed by atoms with Gasteiger partial charge in [-0.15, -0.1) is 0 Å². The van der Waals surface area contributed by atoms with E-state index in [-0.39, 0.29) is 5.91 Å². The van der Waals surface area contributed by atoms with E-state index in [4.69, 9.17) is 4.42 Å². The van der Waals surface area contributed by atoms with Crippen LogP contribution in [0.5, 0.6) is 0 Å². The standard InChI is InChI=1S/C28H31N3O2/c1-22-19-25-27(33-22)20-26(31(25)14-8-13-23-9-4-2-5-10-23)28(32)30-17-15-29(16-18-30)21-24-11-6-3-7-12-24/h2-7,9-12,19-20H,8,13-18,21H2,1H3. The Morgan fingerprint density at radius 2 is 1.55 bits per heavy atom. The summed E-state index contributed by atoms with van der Waals surface area (Å²) < 4.78 is 8.04. The van der Waals surface area contributed by atoms with Crippen LogP contribution in [-0.4, -0.2) is 46.5 Å². The third-order valence-electron chi connectivity index (χ3n) is 6.53. The molecule has 5 nitrogen and oxygen atoms in total. The highest BCUT2D eigenvalue weighted by molar-refractivity contribution is 5.97. The number of aromatic nitrogens is 1. The molecule has 2 aromatic heterocycles. The molecule has 0 unspecified atom stereocenters. The monoisotopic (exact) mass is 441 g/mol. The third kappa shape index (κ3) is 4.88. The zero-order chi connectivity index (χ0) is 22.6. The zero-order valence-electron chi connectivity index (χ0n) is 19.2. The highest BCUT2D eigenvalue weighted by atomic mass is 16.3. The van der Waals surface area contributed by atoms with Crippen molar-refractivity contribution in [3.63, 3.8) is 0 Å². The highest BCUT2D eigenvalue weighted by Crippen LogP contribution is 2.26. The molecule has 4 aromatic rings. The van der Waals surface area contributed by atoms with Gasteiger partial charge >= 0.3 is 0 Å². The Balaban J connectivity index is 1.27. The first kappa shape index (κ1) is 21.5. The lowest BCUT2D eigenvalue weighted by Gasteiger charge is -2.35. The van der Waals surface area contributed by atoms with Crippen molar-refractivity contribution in [3.05, 3.63) is 95.4 Å². The minimum absolute atomic E-state index is 0.109. The Hall–Kier alpha value is -3.31. The lowest BCUT2D eigenvalue weighted by Crippen LogP contribution is -2.48. The van der Waals surface area contributed by atoms with Crippen molar-refractivity contribution in [1.29, 1.82) is 0 Å². The van der Waals surface area contributed by atoms with Crippen molar-refractivity contribution in [2.24, 2.45) is 0 Å². The van der Waals surface area contributed by atoms with Crippen LogP contribution in [0.3, 0.4) is 0 Å². The normalized spacial score (nSPS) is 14.8. The number of fused-ring (bicyclic) bond motifs is 1. The topological polar surface area (TPSA) is 41.6 Å². The van der Waals surface area contributed by atoms with Crippen LogP contribution in [-0.2, 0) is 19.5 Å². The predicted molar refractivity (Wildman–Crippen MR) is 131 cm³/mol. The number of hydrogen-bond acceptors (Lipinski definition) is 3. The molecule has 0 atom stereocenters. The fraction of sp³-hybridized carbons (Fsp3) is 0.321. The molecular formula is C28H31N3O2.